The molecule has 0 radical (unpaired) electrons. The molecule has 2 atom stereocenters. The van der Waals surface area contributed by atoms with Crippen LogP contribution in [0.5, 0.6) is 11.5 Å². The normalized spacial score (nSPS) is 25.4. The Bertz CT molecular complexity index is 665. The summed E-state index contributed by atoms with van der Waals surface area (Å²) in [5, 5.41) is 0. The molecule has 0 aromatic heterocycles. The predicted octanol–water partition coefficient (Wildman–Crippen LogP) is 3.29. The fourth-order valence-corrected chi connectivity index (χ4v) is 4.35. The summed E-state index contributed by atoms with van der Waals surface area (Å²) in [6.07, 6.45) is 7.62. The van der Waals surface area contributed by atoms with E-state index in [-0.39, 0.29) is 5.41 Å². The second-order valence-electron chi connectivity index (χ2n) is 7.19. The first-order chi connectivity index (χ1) is 11.5. The number of rotatable bonds is 5. The topological polar surface area (TPSA) is 38.8 Å². The monoisotopic (exact) mass is 329 g/mol. The molecule has 0 saturated heterocycles. The first-order valence-electron chi connectivity index (χ1n) is 8.62. The number of carbonyl (C=O) groups is 1. The van der Waals surface area contributed by atoms with E-state index in [0.29, 0.717) is 24.5 Å². The molecule has 3 rings (SSSR count). The summed E-state index contributed by atoms with van der Waals surface area (Å²) in [5.41, 5.74) is 2.12. The zero-order valence-corrected chi connectivity index (χ0v) is 15.1. The first-order valence-corrected chi connectivity index (χ1v) is 8.62. The Morgan fingerprint density at radius 1 is 1.25 bits per heavy atom. The van der Waals surface area contributed by atoms with E-state index >= 15 is 0 Å². The minimum atomic E-state index is -0.191. The SMILES string of the molecule is COc1ccc2c(c1OC)[C@@]1(CCN(C)C)CC(=O)CC[C@H]1C=C2. The van der Waals surface area contributed by atoms with Crippen LogP contribution in [0.3, 0.4) is 0 Å². The average molecular weight is 329 g/mol. The molecule has 2 aliphatic rings. The number of ether oxygens (including phenoxy) is 2. The van der Waals surface area contributed by atoms with Crippen LogP contribution < -0.4 is 9.47 Å². The maximum absolute atomic E-state index is 12.4. The Kier molecular flexibility index (Phi) is 4.68. The minimum Gasteiger partial charge on any atom is -0.493 e. The van der Waals surface area contributed by atoms with Crippen molar-refractivity contribution in [1.29, 1.82) is 0 Å². The van der Waals surface area contributed by atoms with Crippen LogP contribution in [0.2, 0.25) is 0 Å². The van der Waals surface area contributed by atoms with E-state index in [1.165, 1.54) is 0 Å². The lowest BCUT2D eigenvalue weighted by atomic mass is 9.57. The summed E-state index contributed by atoms with van der Waals surface area (Å²) in [5.74, 6) is 2.27. The zero-order chi connectivity index (χ0) is 17.3. The van der Waals surface area contributed by atoms with E-state index in [1.807, 2.05) is 6.07 Å². The number of hydrogen-bond acceptors (Lipinski definition) is 4. The van der Waals surface area contributed by atoms with Crippen LogP contribution in [-0.4, -0.2) is 45.5 Å². The largest absolute Gasteiger partial charge is 0.493 e. The molecule has 2 aliphatic carbocycles. The molecule has 24 heavy (non-hydrogen) atoms. The third-order valence-corrected chi connectivity index (χ3v) is 5.55. The van der Waals surface area contributed by atoms with Crippen molar-refractivity contribution < 1.29 is 14.3 Å². The van der Waals surface area contributed by atoms with Crippen LogP contribution in [0.15, 0.2) is 18.2 Å². The van der Waals surface area contributed by atoms with E-state index < -0.39 is 0 Å². The Hall–Kier alpha value is -1.81. The third kappa shape index (κ3) is 2.73. The highest BCUT2D eigenvalue weighted by atomic mass is 16.5. The Morgan fingerprint density at radius 3 is 2.71 bits per heavy atom. The Morgan fingerprint density at radius 2 is 2.04 bits per heavy atom. The van der Waals surface area contributed by atoms with Gasteiger partial charge in [0.15, 0.2) is 11.5 Å². The summed E-state index contributed by atoms with van der Waals surface area (Å²) >= 11 is 0. The number of hydrogen-bond donors (Lipinski definition) is 0. The Labute approximate surface area is 144 Å². The van der Waals surface area contributed by atoms with E-state index in [1.54, 1.807) is 14.2 Å². The van der Waals surface area contributed by atoms with E-state index in [4.69, 9.17) is 9.47 Å². The quantitative estimate of drug-likeness (QED) is 0.831. The van der Waals surface area contributed by atoms with Gasteiger partial charge in [0.2, 0.25) is 0 Å². The highest BCUT2D eigenvalue weighted by molar-refractivity contribution is 5.83. The lowest BCUT2D eigenvalue weighted by molar-refractivity contribution is -0.123. The highest BCUT2D eigenvalue weighted by Crippen LogP contribution is 2.54. The standard InChI is InChI=1S/C20H27NO3/c1-21(2)12-11-20-13-16(22)9-8-15(20)7-5-14-6-10-17(23-3)19(24-4)18(14)20/h5-7,10,15H,8-9,11-13H2,1-4H3/t15-,20+/m1/s1. The van der Waals surface area contributed by atoms with Crippen LogP contribution in [-0.2, 0) is 10.2 Å². The molecular formula is C20H27NO3. The fraction of sp³-hybridized carbons (Fsp3) is 0.550. The molecule has 0 heterocycles. The van der Waals surface area contributed by atoms with Gasteiger partial charge in [-0.1, -0.05) is 18.2 Å². The summed E-state index contributed by atoms with van der Waals surface area (Å²) in [7, 11) is 7.52. The van der Waals surface area contributed by atoms with E-state index in [9.17, 15) is 4.79 Å². The molecule has 1 aromatic carbocycles. The van der Waals surface area contributed by atoms with Gasteiger partial charge in [0.1, 0.15) is 5.78 Å². The number of allylic oxidation sites excluding steroid dienone is 1. The van der Waals surface area contributed by atoms with Gasteiger partial charge < -0.3 is 14.4 Å². The molecule has 0 bridgehead atoms. The molecule has 0 N–H and O–H groups in total. The molecule has 0 amide bonds. The molecule has 0 spiro atoms. The molecular weight excluding hydrogens is 302 g/mol. The van der Waals surface area contributed by atoms with Crippen molar-refractivity contribution in [3.63, 3.8) is 0 Å². The number of Topliss-reactive ketones (excluding diaryl/α,β-unsaturated/α-hetero) is 1. The summed E-state index contributed by atoms with van der Waals surface area (Å²) < 4.78 is 11.3. The average Bonchev–Trinajstić information content (AvgIpc) is 2.58. The van der Waals surface area contributed by atoms with Gasteiger partial charge in [0.25, 0.3) is 0 Å². The van der Waals surface area contributed by atoms with Gasteiger partial charge in [-0.2, -0.15) is 0 Å². The van der Waals surface area contributed by atoms with Gasteiger partial charge >= 0.3 is 0 Å². The number of benzene rings is 1. The molecule has 0 aliphatic heterocycles. The maximum Gasteiger partial charge on any atom is 0.165 e. The lowest BCUT2D eigenvalue weighted by Crippen LogP contribution is -2.44. The van der Waals surface area contributed by atoms with Crippen molar-refractivity contribution in [2.45, 2.75) is 31.1 Å². The van der Waals surface area contributed by atoms with Gasteiger partial charge in [-0.25, -0.2) is 0 Å². The number of carbonyl (C=O) groups excluding carboxylic acids is 1. The van der Waals surface area contributed by atoms with E-state index in [0.717, 1.165) is 42.0 Å². The van der Waals surface area contributed by atoms with Crippen LogP contribution in [0.4, 0.5) is 0 Å². The lowest BCUT2D eigenvalue weighted by Gasteiger charge is -2.47. The summed E-state index contributed by atoms with van der Waals surface area (Å²) in [6, 6.07) is 4.03. The zero-order valence-electron chi connectivity index (χ0n) is 15.1. The predicted molar refractivity (Wildman–Crippen MR) is 95.8 cm³/mol. The van der Waals surface area contributed by atoms with Gasteiger partial charge in [-0.15, -0.1) is 0 Å². The van der Waals surface area contributed by atoms with Crippen LogP contribution in [0, 0.1) is 5.92 Å². The van der Waals surface area contributed by atoms with Crippen molar-refractivity contribution in [2.24, 2.45) is 5.92 Å². The molecule has 0 unspecified atom stereocenters. The van der Waals surface area contributed by atoms with E-state index in [2.05, 4.69) is 37.2 Å². The summed E-state index contributed by atoms with van der Waals surface area (Å²) in [6.45, 7) is 0.942. The molecule has 1 fully saturated rings. The molecule has 130 valence electrons. The number of fused-ring (bicyclic) bond motifs is 3. The van der Waals surface area contributed by atoms with Crippen molar-refractivity contribution in [3.8, 4) is 11.5 Å². The van der Waals surface area contributed by atoms with Crippen molar-refractivity contribution >= 4 is 11.9 Å². The minimum absolute atomic E-state index is 0.191. The molecule has 4 heteroatoms. The molecule has 1 aromatic rings. The maximum atomic E-state index is 12.4. The third-order valence-electron chi connectivity index (χ3n) is 5.55. The second-order valence-corrected chi connectivity index (χ2v) is 7.19. The summed E-state index contributed by atoms with van der Waals surface area (Å²) in [4.78, 5) is 14.6. The van der Waals surface area contributed by atoms with Crippen LogP contribution in [0.25, 0.3) is 6.08 Å². The highest BCUT2D eigenvalue weighted by Gasteiger charge is 2.48. The van der Waals surface area contributed by atoms with Gasteiger partial charge in [0.05, 0.1) is 14.2 Å². The molecule has 1 saturated carbocycles. The van der Waals surface area contributed by atoms with Crippen LogP contribution in [0.1, 0.15) is 36.8 Å². The number of methoxy groups -OCH3 is 2. The van der Waals surface area contributed by atoms with Crippen molar-refractivity contribution in [2.75, 3.05) is 34.9 Å². The van der Waals surface area contributed by atoms with Crippen LogP contribution >= 0.6 is 0 Å². The fourth-order valence-electron chi connectivity index (χ4n) is 4.35. The van der Waals surface area contributed by atoms with Gasteiger partial charge in [0, 0.05) is 23.8 Å². The van der Waals surface area contributed by atoms with Crippen molar-refractivity contribution in [1.82, 2.24) is 4.90 Å². The second kappa shape index (κ2) is 6.60. The van der Waals surface area contributed by atoms with Gasteiger partial charge in [-0.3, -0.25) is 4.79 Å². The van der Waals surface area contributed by atoms with Gasteiger partial charge in [-0.05, 0) is 51.0 Å². The number of ketones is 1. The molecule has 4 nitrogen and oxygen atoms in total. The first kappa shape index (κ1) is 17.0. The van der Waals surface area contributed by atoms with Crippen molar-refractivity contribution in [3.05, 3.63) is 29.3 Å². The smallest absolute Gasteiger partial charge is 0.165 e. The number of nitrogens with zero attached hydrogens (tertiary/aromatic N) is 1. The Balaban J connectivity index is 2.19.